The van der Waals surface area contributed by atoms with E-state index >= 15 is 4.39 Å². The lowest BCUT2D eigenvalue weighted by Gasteiger charge is -2.33. The Morgan fingerprint density at radius 2 is 1.84 bits per heavy atom. The number of fused-ring (bicyclic) bond motifs is 1. The quantitative estimate of drug-likeness (QED) is 0.153. The average Bonchev–Trinajstić information content (AvgIpc) is 3.82. The first-order valence-electron chi connectivity index (χ1n) is 15.3. The molecular weight excluding hydrogens is 606 g/mol. The van der Waals surface area contributed by atoms with Crippen LogP contribution < -0.4 is 20.3 Å². The van der Waals surface area contributed by atoms with Gasteiger partial charge in [-0.2, -0.15) is 13.2 Å². The van der Waals surface area contributed by atoms with E-state index in [2.05, 4.69) is 32.2 Å². The molecule has 7 nitrogen and oxygen atoms in total. The van der Waals surface area contributed by atoms with Crippen LogP contribution in [0.1, 0.15) is 36.1 Å². The Balaban J connectivity index is 1.21. The number of alkyl halides is 3. The van der Waals surface area contributed by atoms with Crippen molar-refractivity contribution in [1.82, 2.24) is 4.90 Å². The molecule has 3 fully saturated rings. The maximum absolute atomic E-state index is 15.1. The monoisotopic (exact) mass is 641 g/mol. The molecule has 1 aliphatic carbocycles. The number of halogens is 4. The SMILES string of the molecule is [C-]#[N+]COc1cc(N2CCOCC2)c(F)cc1NCC#Cc1sc2c(NC3CCN(C4CC4)CC3)cccc2c1CC(F)(F)F. The Labute approximate surface area is 264 Å². The number of hydrogen-bond donors (Lipinski definition) is 2. The molecule has 238 valence electrons. The number of rotatable bonds is 9. The van der Waals surface area contributed by atoms with Crippen molar-refractivity contribution >= 4 is 38.5 Å². The number of anilines is 3. The lowest BCUT2D eigenvalue weighted by atomic mass is 10.0. The van der Waals surface area contributed by atoms with Gasteiger partial charge in [0.1, 0.15) is 5.82 Å². The smallest absolute Gasteiger partial charge is 0.393 e. The van der Waals surface area contributed by atoms with Crippen molar-refractivity contribution in [3.63, 3.8) is 0 Å². The highest BCUT2D eigenvalue weighted by molar-refractivity contribution is 7.20. The van der Waals surface area contributed by atoms with Gasteiger partial charge < -0.3 is 29.9 Å². The van der Waals surface area contributed by atoms with Crippen LogP contribution in [0.3, 0.4) is 0 Å². The second-order valence-corrected chi connectivity index (χ2v) is 12.6. The van der Waals surface area contributed by atoms with Crippen molar-refractivity contribution in [3.8, 4) is 17.6 Å². The summed E-state index contributed by atoms with van der Waals surface area (Å²) in [5.41, 5.74) is 1.68. The molecule has 2 aromatic carbocycles. The fraction of sp³-hybridized carbons (Fsp3) is 0.485. The van der Waals surface area contributed by atoms with Gasteiger partial charge in [-0.05, 0) is 42.7 Å². The molecule has 1 aromatic heterocycles. The summed E-state index contributed by atoms with van der Waals surface area (Å²) in [6, 6.07) is 9.33. The second kappa shape index (κ2) is 13.7. The van der Waals surface area contributed by atoms with Gasteiger partial charge in [-0.3, -0.25) is 4.85 Å². The number of nitrogens with zero attached hydrogens (tertiary/aromatic N) is 3. The normalized spacial score (nSPS) is 17.9. The van der Waals surface area contributed by atoms with Gasteiger partial charge >= 0.3 is 12.9 Å². The van der Waals surface area contributed by atoms with Crippen LogP contribution in [-0.2, 0) is 11.2 Å². The zero-order valence-electron chi connectivity index (χ0n) is 24.8. The molecule has 45 heavy (non-hydrogen) atoms. The maximum atomic E-state index is 15.1. The van der Waals surface area contributed by atoms with Gasteiger partial charge in [0.15, 0.2) is 5.75 Å². The van der Waals surface area contributed by atoms with Crippen molar-refractivity contribution in [3.05, 3.63) is 58.0 Å². The fourth-order valence-corrected chi connectivity index (χ4v) is 7.21. The van der Waals surface area contributed by atoms with E-state index < -0.39 is 18.4 Å². The number of hydrogen-bond acceptors (Lipinski definition) is 7. The highest BCUT2D eigenvalue weighted by Crippen LogP contribution is 2.40. The summed E-state index contributed by atoms with van der Waals surface area (Å²) in [6.07, 6.45) is -0.900. The number of benzene rings is 2. The molecule has 0 bridgehead atoms. The second-order valence-electron chi connectivity index (χ2n) is 11.6. The van der Waals surface area contributed by atoms with E-state index in [-0.39, 0.29) is 24.9 Å². The van der Waals surface area contributed by atoms with Crippen LogP contribution in [0, 0.1) is 24.2 Å². The third-order valence-corrected chi connectivity index (χ3v) is 9.60. The van der Waals surface area contributed by atoms with Crippen LogP contribution in [-0.4, -0.2) is 75.8 Å². The molecule has 3 heterocycles. The topological polar surface area (TPSA) is 53.4 Å². The first-order chi connectivity index (χ1) is 21.8. The lowest BCUT2D eigenvalue weighted by molar-refractivity contribution is -0.126. The minimum Gasteiger partial charge on any atom is -0.424 e. The van der Waals surface area contributed by atoms with Crippen molar-refractivity contribution in [2.24, 2.45) is 0 Å². The molecule has 2 aliphatic heterocycles. The fourth-order valence-electron chi connectivity index (χ4n) is 6.04. The predicted octanol–water partition coefficient (Wildman–Crippen LogP) is 6.74. The number of morpholine rings is 1. The van der Waals surface area contributed by atoms with Crippen LogP contribution in [0.5, 0.6) is 5.75 Å². The van der Waals surface area contributed by atoms with Crippen LogP contribution in [0.4, 0.5) is 34.6 Å². The average molecular weight is 642 g/mol. The molecule has 0 unspecified atom stereocenters. The molecule has 3 aromatic rings. The molecule has 6 rings (SSSR count). The summed E-state index contributed by atoms with van der Waals surface area (Å²) >= 11 is 1.27. The number of thiophene rings is 1. The van der Waals surface area contributed by atoms with E-state index in [9.17, 15) is 13.2 Å². The summed E-state index contributed by atoms with van der Waals surface area (Å²) in [4.78, 5) is 8.00. The Morgan fingerprint density at radius 3 is 2.56 bits per heavy atom. The van der Waals surface area contributed by atoms with E-state index in [1.165, 1.54) is 30.2 Å². The van der Waals surface area contributed by atoms with Gasteiger partial charge in [0.05, 0.1) is 52.8 Å². The largest absolute Gasteiger partial charge is 0.424 e. The Kier molecular flexibility index (Phi) is 9.55. The molecule has 0 atom stereocenters. The van der Waals surface area contributed by atoms with Gasteiger partial charge in [0, 0.05) is 50.4 Å². The third kappa shape index (κ3) is 7.75. The highest BCUT2D eigenvalue weighted by Gasteiger charge is 2.33. The molecule has 1 saturated carbocycles. The van der Waals surface area contributed by atoms with Crippen LogP contribution in [0.15, 0.2) is 30.3 Å². The van der Waals surface area contributed by atoms with E-state index in [0.29, 0.717) is 53.7 Å². The number of nitrogens with one attached hydrogen (secondary N) is 2. The number of likely N-dealkylation sites (tertiary alicyclic amines) is 1. The van der Waals surface area contributed by atoms with Crippen LogP contribution >= 0.6 is 11.3 Å². The van der Waals surface area contributed by atoms with Crippen molar-refractivity contribution < 1.29 is 27.0 Å². The molecule has 2 saturated heterocycles. The van der Waals surface area contributed by atoms with Gasteiger partial charge in [-0.25, -0.2) is 11.0 Å². The highest BCUT2D eigenvalue weighted by atomic mass is 32.1. The van der Waals surface area contributed by atoms with Crippen molar-refractivity contribution in [2.75, 3.05) is 68.2 Å². The van der Waals surface area contributed by atoms with Gasteiger partial charge in [0.2, 0.25) is 0 Å². The summed E-state index contributed by atoms with van der Waals surface area (Å²) in [6.45, 7) is 11.0. The molecule has 2 N–H and O–H groups in total. The van der Waals surface area contributed by atoms with Gasteiger partial charge in [-0.15, -0.1) is 11.3 Å². The van der Waals surface area contributed by atoms with Crippen molar-refractivity contribution in [2.45, 2.75) is 50.4 Å². The molecule has 0 radical (unpaired) electrons. The Hall–Kier alpha value is -3.71. The summed E-state index contributed by atoms with van der Waals surface area (Å²) < 4.78 is 68.0. The first kappa shape index (κ1) is 31.3. The maximum Gasteiger partial charge on any atom is 0.393 e. The zero-order chi connectivity index (χ0) is 31.4. The first-order valence-corrected chi connectivity index (χ1v) is 16.1. The van der Waals surface area contributed by atoms with E-state index in [0.717, 1.165) is 42.4 Å². The van der Waals surface area contributed by atoms with Gasteiger partial charge in [-0.1, -0.05) is 24.0 Å². The van der Waals surface area contributed by atoms with E-state index in [1.807, 2.05) is 11.0 Å². The molecular formula is C33H35F4N5O2S. The molecule has 3 aliphatic rings. The number of ether oxygens (including phenoxy) is 2. The summed E-state index contributed by atoms with van der Waals surface area (Å²) in [5, 5.41) is 7.20. The van der Waals surface area contributed by atoms with E-state index in [4.69, 9.17) is 16.0 Å². The minimum absolute atomic E-state index is 0.0368. The minimum atomic E-state index is -4.39. The van der Waals surface area contributed by atoms with E-state index in [1.54, 1.807) is 18.2 Å². The predicted molar refractivity (Wildman–Crippen MR) is 170 cm³/mol. The van der Waals surface area contributed by atoms with Crippen molar-refractivity contribution in [1.29, 1.82) is 0 Å². The molecule has 0 amide bonds. The number of piperidine rings is 1. The summed E-state index contributed by atoms with van der Waals surface area (Å²) in [5.74, 6) is 5.73. The van der Waals surface area contributed by atoms with Crippen LogP contribution in [0.2, 0.25) is 0 Å². The standard InChI is InChI=1S/C33H35F4N5O2S/c1-38-21-44-30-19-29(42-14-16-43-17-15-42)26(34)18-28(30)39-11-3-6-31-25(20-33(35,36)37)24-4-2-5-27(32(24)45-31)40-22-9-12-41(13-10-22)23-7-8-23/h2,4-5,18-19,22-23,39-40H,7-17,20-21H2. The molecule has 0 spiro atoms. The van der Waals surface area contributed by atoms with Gasteiger partial charge in [0.25, 0.3) is 0 Å². The third-order valence-electron chi connectivity index (χ3n) is 8.40. The van der Waals surface area contributed by atoms with Crippen LogP contribution in [0.25, 0.3) is 14.9 Å². The zero-order valence-corrected chi connectivity index (χ0v) is 25.6. The molecule has 12 heteroatoms. The Bertz CT molecular complexity index is 1610. The lowest BCUT2D eigenvalue weighted by Crippen LogP contribution is -2.40. The Morgan fingerprint density at radius 1 is 1.07 bits per heavy atom. The summed E-state index contributed by atoms with van der Waals surface area (Å²) in [7, 11) is 0.